The zero-order chi connectivity index (χ0) is 18.5. The van der Waals surface area contributed by atoms with Crippen LogP contribution in [0.5, 0.6) is 0 Å². The summed E-state index contributed by atoms with van der Waals surface area (Å²) < 4.78 is 10.9. The molecule has 0 saturated carbocycles. The average molecular weight is 343 g/mol. The molecule has 2 unspecified atom stereocenters. The van der Waals surface area contributed by atoms with Gasteiger partial charge >= 0.3 is 11.9 Å². The minimum atomic E-state index is -0.214. The minimum absolute atomic E-state index is 0.0181. The monoisotopic (exact) mass is 342 g/mol. The topological polar surface area (TPSA) is 52.6 Å². The Kier molecular flexibility index (Phi) is 12.7. The molecule has 0 amide bonds. The Labute approximate surface area is 148 Å². The number of carbonyl (C=O) groups is 2. The molecule has 0 aromatic carbocycles. The zero-order valence-electron chi connectivity index (χ0n) is 16.6. The fourth-order valence-electron chi connectivity index (χ4n) is 2.57. The van der Waals surface area contributed by atoms with E-state index >= 15 is 0 Å². The Bertz CT molecular complexity index is 350. The first-order valence-corrected chi connectivity index (χ1v) is 9.65. The van der Waals surface area contributed by atoms with Crippen LogP contribution in [0.4, 0.5) is 0 Å². The summed E-state index contributed by atoms with van der Waals surface area (Å²) in [5, 5.41) is 0. The van der Waals surface area contributed by atoms with Crippen molar-refractivity contribution in [3.8, 4) is 0 Å². The lowest BCUT2D eigenvalue weighted by Crippen LogP contribution is -2.23. The summed E-state index contributed by atoms with van der Waals surface area (Å²) in [5.74, 6) is 0.584. The third kappa shape index (κ3) is 12.4. The van der Waals surface area contributed by atoms with Crippen molar-refractivity contribution in [1.29, 1.82) is 0 Å². The largest absolute Gasteiger partial charge is 0.463 e. The number of hydrogen-bond acceptors (Lipinski definition) is 4. The highest BCUT2D eigenvalue weighted by molar-refractivity contribution is 5.72. The van der Waals surface area contributed by atoms with Crippen LogP contribution in [-0.4, -0.2) is 24.1 Å². The summed E-state index contributed by atoms with van der Waals surface area (Å²) in [6.07, 6.45) is 6.01. The standard InChI is InChI=1S/C20H38O4/c1-7-10-18(16(4)5)24-20(22)14-9-13-19(21)23-17(6)12-8-11-15(2)3/h15-18H,7-14H2,1-6H3. The molecule has 0 N–H and O–H groups in total. The van der Waals surface area contributed by atoms with E-state index in [1.165, 1.54) is 0 Å². The van der Waals surface area contributed by atoms with E-state index < -0.39 is 0 Å². The molecule has 0 heterocycles. The Hall–Kier alpha value is -1.06. The van der Waals surface area contributed by atoms with Gasteiger partial charge in [-0.05, 0) is 44.4 Å². The van der Waals surface area contributed by atoms with Gasteiger partial charge in [-0.25, -0.2) is 0 Å². The lowest BCUT2D eigenvalue weighted by atomic mass is 10.0. The third-order valence-electron chi connectivity index (χ3n) is 4.09. The van der Waals surface area contributed by atoms with Crippen molar-refractivity contribution in [3.63, 3.8) is 0 Å². The van der Waals surface area contributed by atoms with Crippen LogP contribution in [0.25, 0.3) is 0 Å². The summed E-state index contributed by atoms with van der Waals surface area (Å²) in [4.78, 5) is 23.7. The second-order valence-corrected chi connectivity index (χ2v) is 7.54. The van der Waals surface area contributed by atoms with Gasteiger partial charge in [-0.3, -0.25) is 9.59 Å². The van der Waals surface area contributed by atoms with E-state index in [-0.39, 0.29) is 37.0 Å². The molecule has 0 bridgehead atoms. The molecule has 0 aliphatic carbocycles. The molecule has 2 atom stereocenters. The van der Waals surface area contributed by atoms with Gasteiger partial charge in [0.15, 0.2) is 0 Å². The first kappa shape index (κ1) is 22.9. The maximum Gasteiger partial charge on any atom is 0.306 e. The maximum absolute atomic E-state index is 11.9. The number of rotatable bonds is 13. The predicted octanol–water partition coefficient (Wildman–Crippen LogP) is 5.28. The molecule has 0 aliphatic rings. The number of hydrogen-bond donors (Lipinski definition) is 0. The smallest absolute Gasteiger partial charge is 0.306 e. The Morgan fingerprint density at radius 1 is 0.792 bits per heavy atom. The van der Waals surface area contributed by atoms with Gasteiger partial charge in [-0.15, -0.1) is 0 Å². The normalized spacial score (nSPS) is 13.8. The van der Waals surface area contributed by atoms with E-state index in [2.05, 4.69) is 34.6 Å². The summed E-state index contributed by atoms with van der Waals surface area (Å²) in [6, 6.07) is 0. The van der Waals surface area contributed by atoms with Crippen LogP contribution in [0.2, 0.25) is 0 Å². The number of carbonyl (C=O) groups excluding carboxylic acids is 2. The Morgan fingerprint density at radius 3 is 1.88 bits per heavy atom. The summed E-state index contributed by atoms with van der Waals surface area (Å²) >= 11 is 0. The molecule has 0 spiro atoms. The Balaban J connectivity index is 3.88. The van der Waals surface area contributed by atoms with Crippen molar-refractivity contribution in [1.82, 2.24) is 0 Å². The van der Waals surface area contributed by atoms with Crippen molar-refractivity contribution in [2.45, 2.75) is 105 Å². The summed E-state index contributed by atoms with van der Waals surface area (Å²) in [6.45, 7) is 12.5. The molecule has 0 aliphatic heterocycles. The van der Waals surface area contributed by atoms with Crippen molar-refractivity contribution < 1.29 is 19.1 Å². The zero-order valence-corrected chi connectivity index (χ0v) is 16.6. The quantitative estimate of drug-likeness (QED) is 0.427. The van der Waals surface area contributed by atoms with Crippen LogP contribution in [-0.2, 0) is 19.1 Å². The van der Waals surface area contributed by atoms with Crippen molar-refractivity contribution in [2.75, 3.05) is 0 Å². The average Bonchev–Trinajstić information content (AvgIpc) is 2.46. The van der Waals surface area contributed by atoms with Gasteiger partial charge in [0.05, 0.1) is 6.10 Å². The van der Waals surface area contributed by atoms with Crippen LogP contribution < -0.4 is 0 Å². The molecular formula is C20H38O4. The number of esters is 2. The molecule has 0 aromatic heterocycles. The van der Waals surface area contributed by atoms with Crippen LogP contribution >= 0.6 is 0 Å². The fourth-order valence-corrected chi connectivity index (χ4v) is 2.57. The van der Waals surface area contributed by atoms with E-state index in [0.29, 0.717) is 18.3 Å². The predicted molar refractivity (Wildman–Crippen MR) is 97.7 cm³/mol. The van der Waals surface area contributed by atoms with Crippen molar-refractivity contribution in [2.24, 2.45) is 11.8 Å². The highest BCUT2D eigenvalue weighted by atomic mass is 16.5. The SMILES string of the molecule is CCCC(OC(=O)CCCC(=O)OC(C)CCCC(C)C)C(C)C. The molecule has 24 heavy (non-hydrogen) atoms. The maximum atomic E-state index is 11.9. The van der Waals surface area contributed by atoms with Crippen LogP contribution in [0.1, 0.15) is 92.9 Å². The first-order chi connectivity index (χ1) is 11.3. The van der Waals surface area contributed by atoms with Crippen molar-refractivity contribution >= 4 is 11.9 Å². The van der Waals surface area contributed by atoms with Gasteiger partial charge in [-0.2, -0.15) is 0 Å². The molecule has 0 aromatic rings. The molecule has 4 nitrogen and oxygen atoms in total. The van der Waals surface area contributed by atoms with Gasteiger partial charge < -0.3 is 9.47 Å². The highest BCUT2D eigenvalue weighted by Crippen LogP contribution is 2.15. The van der Waals surface area contributed by atoms with Gasteiger partial charge in [0.25, 0.3) is 0 Å². The van der Waals surface area contributed by atoms with Gasteiger partial charge in [0.2, 0.25) is 0 Å². The van der Waals surface area contributed by atoms with E-state index in [1.807, 2.05) is 6.92 Å². The van der Waals surface area contributed by atoms with Gasteiger partial charge in [-0.1, -0.05) is 47.5 Å². The van der Waals surface area contributed by atoms with Crippen LogP contribution in [0.3, 0.4) is 0 Å². The van der Waals surface area contributed by atoms with E-state index in [4.69, 9.17) is 9.47 Å². The second-order valence-electron chi connectivity index (χ2n) is 7.54. The Morgan fingerprint density at radius 2 is 1.38 bits per heavy atom. The van der Waals surface area contributed by atoms with Gasteiger partial charge in [0, 0.05) is 12.8 Å². The van der Waals surface area contributed by atoms with Gasteiger partial charge in [0.1, 0.15) is 6.10 Å². The molecule has 142 valence electrons. The summed E-state index contributed by atoms with van der Waals surface area (Å²) in [5.41, 5.74) is 0. The molecule has 0 radical (unpaired) electrons. The van der Waals surface area contributed by atoms with Crippen LogP contribution in [0, 0.1) is 11.8 Å². The fraction of sp³-hybridized carbons (Fsp3) is 0.900. The minimum Gasteiger partial charge on any atom is -0.463 e. The molecule has 0 rings (SSSR count). The lowest BCUT2D eigenvalue weighted by molar-refractivity contribution is -0.152. The van der Waals surface area contributed by atoms with Crippen LogP contribution in [0.15, 0.2) is 0 Å². The molecule has 4 heteroatoms. The molecular weight excluding hydrogens is 304 g/mol. The van der Waals surface area contributed by atoms with Crippen molar-refractivity contribution in [3.05, 3.63) is 0 Å². The van der Waals surface area contributed by atoms with E-state index in [0.717, 1.165) is 32.1 Å². The summed E-state index contributed by atoms with van der Waals surface area (Å²) in [7, 11) is 0. The molecule has 0 fully saturated rings. The third-order valence-corrected chi connectivity index (χ3v) is 4.09. The number of ether oxygens (including phenoxy) is 2. The second kappa shape index (κ2) is 13.3. The van der Waals surface area contributed by atoms with E-state index in [9.17, 15) is 9.59 Å². The lowest BCUT2D eigenvalue weighted by Gasteiger charge is -2.20. The molecule has 0 saturated heterocycles. The first-order valence-electron chi connectivity index (χ1n) is 9.65. The highest BCUT2D eigenvalue weighted by Gasteiger charge is 2.18. The van der Waals surface area contributed by atoms with E-state index in [1.54, 1.807) is 0 Å².